The van der Waals surface area contributed by atoms with E-state index < -0.39 is 0 Å². The molecule has 3 aromatic rings. The summed E-state index contributed by atoms with van der Waals surface area (Å²) in [5.74, 6) is 0.788. The number of fused-ring (bicyclic) bond motifs is 1. The topological polar surface area (TPSA) is 38.3 Å². The number of nitrogens with one attached hydrogen (secondary N) is 1. The predicted molar refractivity (Wildman–Crippen MR) is 109 cm³/mol. The first-order valence-electron chi connectivity index (χ1n) is 9.30. The normalized spacial score (nSPS) is 13.8. The molecule has 3 nitrogen and oxygen atoms in total. The van der Waals surface area contributed by atoms with Crippen molar-refractivity contribution in [2.45, 2.75) is 31.7 Å². The monoisotopic (exact) mass is 377 g/mol. The van der Waals surface area contributed by atoms with Gasteiger partial charge in [0, 0.05) is 4.88 Å². The minimum Gasteiger partial charge on any atom is -0.497 e. The van der Waals surface area contributed by atoms with Crippen molar-refractivity contribution in [1.29, 1.82) is 0 Å². The summed E-state index contributed by atoms with van der Waals surface area (Å²) in [6.45, 7) is 0. The van der Waals surface area contributed by atoms with Crippen molar-refractivity contribution in [3.05, 3.63) is 87.1 Å². The minimum absolute atomic E-state index is 0.0159. The highest BCUT2D eigenvalue weighted by molar-refractivity contribution is 7.10. The smallest absolute Gasteiger partial charge is 0.225 e. The first-order chi connectivity index (χ1) is 13.2. The molecular weight excluding hydrogens is 354 g/mol. The summed E-state index contributed by atoms with van der Waals surface area (Å²) in [7, 11) is 1.64. The highest BCUT2D eigenvalue weighted by Crippen LogP contribution is 2.30. The highest BCUT2D eigenvalue weighted by atomic mass is 32.1. The largest absolute Gasteiger partial charge is 0.497 e. The van der Waals surface area contributed by atoms with E-state index in [-0.39, 0.29) is 11.9 Å². The standard InChI is InChI=1S/C23H23NO2S/c1-26-20-8-2-5-16(13-20)14-22(25)24-23(21-9-4-12-27-21)19-11-10-17-6-3-7-18(17)15-19/h2,4-5,8-13,15,23H,3,6-7,14H2,1H3,(H,24,25)/t23-/m1/s1. The molecule has 0 saturated carbocycles. The molecule has 0 radical (unpaired) electrons. The maximum Gasteiger partial charge on any atom is 0.225 e. The van der Waals surface area contributed by atoms with Crippen molar-refractivity contribution in [2.75, 3.05) is 7.11 Å². The molecule has 1 heterocycles. The molecule has 27 heavy (non-hydrogen) atoms. The van der Waals surface area contributed by atoms with Crippen LogP contribution in [0.5, 0.6) is 5.75 Å². The van der Waals surface area contributed by atoms with E-state index in [1.54, 1.807) is 18.4 Å². The van der Waals surface area contributed by atoms with Crippen LogP contribution in [0.2, 0.25) is 0 Å². The Labute approximate surface area is 164 Å². The van der Waals surface area contributed by atoms with Gasteiger partial charge < -0.3 is 10.1 Å². The Morgan fingerprint density at radius 1 is 1.11 bits per heavy atom. The number of carbonyl (C=O) groups is 1. The Bertz CT molecular complexity index is 933. The zero-order chi connectivity index (χ0) is 18.6. The summed E-state index contributed by atoms with van der Waals surface area (Å²) >= 11 is 1.68. The fourth-order valence-electron chi connectivity index (χ4n) is 3.73. The van der Waals surface area contributed by atoms with Crippen LogP contribution in [0.1, 0.15) is 39.6 Å². The van der Waals surface area contributed by atoms with Crippen LogP contribution in [0.15, 0.2) is 60.0 Å². The molecule has 1 amide bonds. The van der Waals surface area contributed by atoms with Gasteiger partial charge in [0.1, 0.15) is 5.75 Å². The lowest BCUT2D eigenvalue weighted by Crippen LogP contribution is -2.30. The summed E-state index contributed by atoms with van der Waals surface area (Å²) in [6.07, 6.45) is 3.87. The number of ether oxygens (including phenoxy) is 1. The number of methoxy groups -OCH3 is 1. The number of amides is 1. The Morgan fingerprint density at radius 3 is 2.81 bits per heavy atom. The van der Waals surface area contributed by atoms with Crippen LogP contribution in [0.25, 0.3) is 0 Å². The van der Waals surface area contributed by atoms with Crippen molar-refractivity contribution < 1.29 is 9.53 Å². The van der Waals surface area contributed by atoms with Crippen LogP contribution < -0.4 is 10.1 Å². The van der Waals surface area contributed by atoms with Crippen LogP contribution in [-0.4, -0.2) is 13.0 Å². The first-order valence-corrected chi connectivity index (χ1v) is 10.2. The third-order valence-electron chi connectivity index (χ3n) is 5.09. The molecule has 0 saturated heterocycles. The zero-order valence-corrected chi connectivity index (χ0v) is 16.2. The van der Waals surface area contributed by atoms with E-state index in [4.69, 9.17) is 4.74 Å². The van der Waals surface area contributed by atoms with Crippen molar-refractivity contribution in [3.8, 4) is 5.75 Å². The molecule has 0 aliphatic heterocycles. The van der Waals surface area contributed by atoms with Crippen LogP contribution in [0.4, 0.5) is 0 Å². The van der Waals surface area contributed by atoms with E-state index in [1.165, 1.54) is 24.0 Å². The molecule has 1 atom stereocenters. The number of benzene rings is 2. The van der Waals surface area contributed by atoms with Gasteiger partial charge in [0.25, 0.3) is 0 Å². The van der Waals surface area contributed by atoms with Gasteiger partial charge in [-0.2, -0.15) is 0 Å². The molecule has 0 unspecified atom stereocenters. The van der Waals surface area contributed by atoms with Gasteiger partial charge in [-0.25, -0.2) is 0 Å². The summed E-state index contributed by atoms with van der Waals surface area (Å²) in [5.41, 5.74) is 4.99. The van der Waals surface area contributed by atoms with Gasteiger partial charge in [-0.1, -0.05) is 36.4 Å². The van der Waals surface area contributed by atoms with Gasteiger partial charge in [-0.15, -0.1) is 11.3 Å². The summed E-state index contributed by atoms with van der Waals surface area (Å²) in [4.78, 5) is 13.9. The van der Waals surface area contributed by atoms with Gasteiger partial charge >= 0.3 is 0 Å². The number of thiophene rings is 1. The maximum absolute atomic E-state index is 12.8. The molecular formula is C23H23NO2S. The lowest BCUT2D eigenvalue weighted by atomic mass is 9.99. The average molecular weight is 378 g/mol. The number of hydrogen-bond acceptors (Lipinski definition) is 3. The minimum atomic E-state index is -0.103. The first kappa shape index (κ1) is 17.8. The summed E-state index contributed by atoms with van der Waals surface area (Å²) < 4.78 is 5.26. The second-order valence-corrected chi connectivity index (χ2v) is 7.91. The Hall–Kier alpha value is -2.59. The Morgan fingerprint density at radius 2 is 2.00 bits per heavy atom. The Kier molecular flexibility index (Phi) is 5.26. The molecule has 1 aliphatic carbocycles. The van der Waals surface area contributed by atoms with Gasteiger partial charge in [0.05, 0.1) is 19.6 Å². The molecule has 1 aromatic heterocycles. The lowest BCUT2D eigenvalue weighted by molar-refractivity contribution is -0.120. The van der Waals surface area contributed by atoms with Gasteiger partial charge in [-0.3, -0.25) is 4.79 Å². The van der Waals surface area contributed by atoms with Crippen LogP contribution in [0, 0.1) is 0 Å². The summed E-state index contributed by atoms with van der Waals surface area (Å²) in [5, 5.41) is 5.30. The second-order valence-electron chi connectivity index (χ2n) is 6.93. The predicted octanol–water partition coefficient (Wildman–Crippen LogP) is 4.69. The van der Waals surface area contributed by atoms with Crippen molar-refractivity contribution >= 4 is 17.2 Å². The third kappa shape index (κ3) is 4.06. The second kappa shape index (κ2) is 7.97. The fraction of sp³-hybridized carbons (Fsp3) is 0.261. The maximum atomic E-state index is 12.8. The van der Waals surface area contributed by atoms with E-state index in [0.717, 1.165) is 28.2 Å². The average Bonchev–Trinajstić information content (AvgIpc) is 3.37. The van der Waals surface area contributed by atoms with Crippen LogP contribution in [0.3, 0.4) is 0 Å². The molecule has 4 heteroatoms. The van der Waals surface area contributed by atoms with E-state index in [1.807, 2.05) is 30.3 Å². The van der Waals surface area contributed by atoms with Crippen LogP contribution >= 0.6 is 11.3 Å². The van der Waals surface area contributed by atoms with Crippen molar-refractivity contribution in [2.24, 2.45) is 0 Å². The fourth-order valence-corrected chi connectivity index (χ4v) is 4.53. The third-order valence-corrected chi connectivity index (χ3v) is 6.02. The van der Waals surface area contributed by atoms with Gasteiger partial charge in [0.15, 0.2) is 0 Å². The molecule has 4 rings (SSSR count). The van der Waals surface area contributed by atoms with E-state index >= 15 is 0 Å². The van der Waals surface area contributed by atoms with E-state index in [0.29, 0.717) is 6.42 Å². The molecule has 0 fully saturated rings. The van der Waals surface area contributed by atoms with E-state index in [2.05, 4.69) is 35.0 Å². The van der Waals surface area contributed by atoms with Crippen molar-refractivity contribution in [1.82, 2.24) is 5.32 Å². The SMILES string of the molecule is COc1cccc(CC(=O)N[C@H](c2ccc3c(c2)CCC3)c2cccs2)c1. The molecule has 2 aromatic carbocycles. The van der Waals surface area contributed by atoms with Crippen molar-refractivity contribution in [3.63, 3.8) is 0 Å². The van der Waals surface area contributed by atoms with Crippen LogP contribution in [-0.2, 0) is 24.1 Å². The number of carbonyl (C=O) groups excluding carboxylic acids is 1. The summed E-state index contributed by atoms with van der Waals surface area (Å²) in [6, 6.07) is 18.4. The number of aryl methyl sites for hydroxylation is 2. The lowest BCUT2D eigenvalue weighted by Gasteiger charge is -2.19. The molecule has 138 valence electrons. The highest BCUT2D eigenvalue weighted by Gasteiger charge is 2.20. The molecule has 1 aliphatic rings. The van der Waals surface area contributed by atoms with Gasteiger partial charge in [-0.05, 0) is 65.1 Å². The van der Waals surface area contributed by atoms with Gasteiger partial charge in [0.2, 0.25) is 5.91 Å². The zero-order valence-electron chi connectivity index (χ0n) is 15.4. The van der Waals surface area contributed by atoms with E-state index in [9.17, 15) is 4.79 Å². The molecule has 0 bridgehead atoms. The Balaban J connectivity index is 1.55. The number of hydrogen-bond donors (Lipinski definition) is 1. The molecule has 1 N–H and O–H groups in total. The quantitative estimate of drug-likeness (QED) is 0.676. The number of rotatable bonds is 6. The molecule has 0 spiro atoms.